The molecule has 0 aliphatic heterocycles. The van der Waals surface area contributed by atoms with Crippen LogP contribution in [0.1, 0.15) is 41.3 Å². The number of carboxylic acids is 1. The largest absolute Gasteiger partial charge is 0.485 e. The molecule has 1 aromatic carbocycles. The maximum Gasteiger partial charge on any atom is 0.328 e. The number of carbonyl (C=O) groups is 2. The van der Waals surface area contributed by atoms with Gasteiger partial charge < -0.3 is 19.6 Å². The van der Waals surface area contributed by atoms with Gasteiger partial charge in [-0.2, -0.15) is 0 Å². The van der Waals surface area contributed by atoms with E-state index in [9.17, 15) is 9.59 Å². The first-order valence-electron chi connectivity index (χ1n) is 7.54. The SMILES string of the molecule is Cc1ccc(OCc2ccc(C(=O)NC(C)(C)C(=O)O)o2)c(C)c1. The molecular weight excluding hydrogens is 310 g/mol. The summed E-state index contributed by atoms with van der Waals surface area (Å²) in [7, 11) is 0. The summed E-state index contributed by atoms with van der Waals surface area (Å²) in [6.07, 6.45) is 0. The van der Waals surface area contributed by atoms with Gasteiger partial charge in [-0.05, 0) is 51.5 Å². The van der Waals surface area contributed by atoms with Crippen LogP contribution in [0.25, 0.3) is 0 Å². The molecule has 0 atom stereocenters. The van der Waals surface area contributed by atoms with Crippen LogP contribution in [0.5, 0.6) is 5.75 Å². The Balaban J connectivity index is 2.00. The highest BCUT2D eigenvalue weighted by atomic mass is 16.5. The average Bonchev–Trinajstić information content (AvgIpc) is 2.95. The summed E-state index contributed by atoms with van der Waals surface area (Å²) in [5.74, 6) is -0.437. The molecule has 0 fully saturated rings. The van der Waals surface area contributed by atoms with Crippen LogP contribution in [0.15, 0.2) is 34.7 Å². The van der Waals surface area contributed by atoms with Crippen LogP contribution in [0.3, 0.4) is 0 Å². The third kappa shape index (κ3) is 4.16. The second kappa shape index (κ2) is 6.78. The summed E-state index contributed by atoms with van der Waals surface area (Å²) in [4.78, 5) is 23.1. The molecule has 6 heteroatoms. The quantitative estimate of drug-likeness (QED) is 0.849. The van der Waals surface area contributed by atoms with E-state index in [1.54, 1.807) is 6.07 Å². The Morgan fingerprint density at radius 3 is 2.54 bits per heavy atom. The van der Waals surface area contributed by atoms with Crippen molar-refractivity contribution in [2.45, 2.75) is 39.8 Å². The molecule has 2 rings (SSSR count). The van der Waals surface area contributed by atoms with Gasteiger partial charge in [-0.25, -0.2) is 4.79 Å². The fraction of sp³-hybridized carbons (Fsp3) is 0.333. The van der Waals surface area contributed by atoms with E-state index >= 15 is 0 Å². The van der Waals surface area contributed by atoms with Gasteiger partial charge in [0, 0.05) is 0 Å². The van der Waals surface area contributed by atoms with Crippen LogP contribution in [0, 0.1) is 13.8 Å². The van der Waals surface area contributed by atoms with E-state index < -0.39 is 17.4 Å². The highest BCUT2D eigenvalue weighted by molar-refractivity contribution is 5.95. The van der Waals surface area contributed by atoms with Gasteiger partial charge in [-0.15, -0.1) is 0 Å². The minimum atomic E-state index is -1.38. The Hall–Kier alpha value is -2.76. The number of hydrogen-bond donors (Lipinski definition) is 2. The number of furan rings is 1. The highest BCUT2D eigenvalue weighted by Gasteiger charge is 2.30. The van der Waals surface area contributed by atoms with E-state index in [1.807, 2.05) is 32.0 Å². The van der Waals surface area contributed by atoms with Gasteiger partial charge in [0.1, 0.15) is 23.7 Å². The summed E-state index contributed by atoms with van der Waals surface area (Å²) >= 11 is 0. The van der Waals surface area contributed by atoms with E-state index in [1.165, 1.54) is 19.9 Å². The lowest BCUT2D eigenvalue weighted by atomic mass is 10.1. The molecule has 0 aliphatic carbocycles. The summed E-state index contributed by atoms with van der Waals surface area (Å²) in [6, 6.07) is 8.98. The zero-order valence-electron chi connectivity index (χ0n) is 14.2. The number of benzene rings is 1. The van der Waals surface area contributed by atoms with Gasteiger partial charge in [0.25, 0.3) is 5.91 Å². The molecule has 0 saturated carbocycles. The van der Waals surface area contributed by atoms with E-state index in [0.717, 1.165) is 16.9 Å². The van der Waals surface area contributed by atoms with E-state index in [-0.39, 0.29) is 12.4 Å². The number of rotatable bonds is 6. The van der Waals surface area contributed by atoms with Gasteiger partial charge in [-0.3, -0.25) is 4.79 Å². The maximum absolute atomic E-state index is 12.0. The van der Waals surface area contributed by atoms with Gasteiger partial charge >= 0.3 is 5.97 Å². The first-order chi connectivity index (χ1) is 11.2. The smallest absolute Gasteiger partial charge is 0.328 e. The molecule has 6 nitrogen and oxygen atoms in total. The lowest BCUT2D eigenvalue weighted by Crippen LogP contribution is -2.49. The maximum atomic E-state index is 12.0. The summed E-state index contributed by atoms with van der Waals surface area (Å²) in [6.45, 7) is 6.95. The summed E-state index contributed by atoms with van der Waals surface area (Å²) in [5.41, 5.74) is 0.792. The number of amides is 1. The third-order valence-corrected chi connectivity index (χ3v) is 3.55. The molecule has 24 heavy (non-hydrogen) atoms. The molecule has 0 aliphatic rings. The summed E-state index contributed by atoms with van der Waals surface area (Å²) < 4.78 is 11.1. The van der Waals surface area contributed by atoms with E-state index in [4.69, 9.17) is 14.3 Å². The zero-order valence-corrected chi connectivity index (χ0v) is 14.2. The predicted octanol–water partition coefficient (Wildman–Crippen LogP) is 3.07. The molecule has 2 aromatic rings. The fourth-order valence-corrected chi connectivity index (χ4v) is 2.09. The standard InChI is InChI=1S/C18H21NO5/c1-11-5-7-14(12(2)9-11)23-10-13-6-8-15(24-13)16(20)19-18(3,4)17(21)22/h5-9H,10H2,1-4H3,(H,19,20)(H,21,22). The number of carbonyl (C=O) groups excluding carboxylic acids is 1. The van der Waals surface area contributed by atoms with Crippen molar-refractivity contribution < 1.29 is 23.8 Å². The Bertz CT molecular complexity index is 761. The van der Waals surface area contributed by atoms with Crippen LogP contribution >= 0.6 is 0 Å². The van der Waals surface area contributed by atoms with Crippen molar-refractivity contribution in [3.63, 3.8) is 0 Å². The number of aliphatic carboxylic acids is 1. The van der Waals surface area contributed by atoms with Gasteiger partial charge in [-0.1, -0.05) is 17.7 Å². The van der Waals surface area contributed by atoms with Gasteiger partial charge in [0.05, 0.1) is 0 Å². The Morgan fingerprint density at radius 2 is 1.92 bits per heavy atom. The molecule has 0 radical (unpaired) electrons. The van der Waals surface area contributed by atoms with Crippen molar-refractivity contribution in [3.8, 4) is 5.75 Å². The van der Waals surface area contributed by atoms with Crippen molar-refractivity contribution in [1.29, 1.82) is 0 Å². The third-order valence-electron chi connectivity index (χ3n) is 3.55. The lowest BCUT2D eigenvalue weighted by Gasteiger charge is -2.19. The average molecular weight is 331 g/mol. The molecule has 0 spiro atoms. The molecule has 1 amide bonds. The van der Waals surface area contributed by atoms with Crippen molar-refractivity contribution >= 4 is 11.9 Å². The van der Waals surface area contributed by atoms with Crippen LogP contribution in [0.4, 0.5) is 0 Å². The first kappa shape index (κ1) is 17.6. The molecule has 128 valence electrons. The first-order valence-corrected chi connectivity index (χ1v) is 7.54. The molecule has 1 heterocycles. The Morgan fingerprint density at radius 1 is 1.21 bits per heavy atom. The van der Waals surface area contributed by atoms with Crippen LogP contribution in [-0.2, 0) is 11.4 Å². The molecule has 0 unspecified atom stereocenters. The number of carboxylic acid groups (broad SMARTS) is 1. The zero-order chi connectivity index (χ0) is 17.9. The fourth-order valence-electron chi connectivity index (χ4n) is 2.09. The number of aryl methyl sites for hydroxylation is 2. The number of nitrogens with one attached hydrogen (secondary N) is 1. The lowest BCUT2D eigenvalue weighted by molar-refractivity contribution is -0.143. The van der Waals surface area contributed by atoms with Crippen LogP contribution in [-0.4, -0.2) is 22.5 Å². The van der Waals surface area contributed by atoms with Crippen LogP contribution < -0.4 is 10.1 Å². The van der Waals surface area contributed by atoms with Crippen molar-refractivity contribution in [1.82, 2.24) is 5.32 Å². The second-order valence-corrected chi connectivity index (χ2v) is 6.21. The van der Waals surface area contributed by atoms with Crippen LogP contribution in [0.2, 0.25) is 0 Å². The highest BCUT2D eigenvalue weighted by Crippen LogP contribution is 2.20. The van der Waals surface area contributed by atoms with Crippen molar-refractivity contribution in [2.24, 2.45) is 0 Å². The predicted molar refractivity (Wildman–Crippen MR) is 88.1 cm³/mol. The van der Waals surface area contributed by atoms with E-state index in [0.29, 0.717) is 5.76 Å². The number of hydrogen-bond acceptors (Lipinski definition) is 4. The Labute approximate surface area is 140 Å². The minimum Gasteiger partial charge on any atom is -0.485 e. The topological polar surface area (TPSA) is 88.8 Å². The molecule has 2 N–H and O–H groups in total. The monoisotopic (exact) mass is 331 g/mol. The van der Waals surface area contributed by atoms with Gasteiger partial charge in [0.15, 0.2) is 5.76 Å². The molecule has 0 saturated heterocycles. The Kier molecular flexibility index (Phi) is 4.97. The van der Waals surface area contributed by atoms with E-state index in [2.05, 4.69) is 5.32 Å². The minimum absolute atomic E-state index is 0.0450. The second-order valence-electron chi connectivity index (χ2n) is 6.21. The molecule has 0 bridgehead atoms. The summed E-state index contributed by atoms with van der Waals surface area (Å²) in [5, 5.41) is 11.4. The molecular formula is C18H21NO5. The molecule has 1 aromatic heterocycles. The normalized spacial score (nSPS) is 11.2. The van der Waals surface area contributed by atoms with Crippen molar-refractivity contribution in [2.75, 3.05) is 0 Å². The van der Waals surface area contributed by atoms with Crippen molar-refractivity contribution in [3.05, 3.63) is 53.0 Å². The van der Waals surface area contributed by atoms with Gasteiger partial charge in [0.2, 0.25) is 0 Å². The number of ether oxygens (including phenoxy) is 1.